The average Bonchev–Trinajstić information content (AvgIpc) is 2.87. The molecule has 6 nitrogen and oxygen atoms in total. The summed E-state index contributed by atoms with van der Waals surface area (Å²) < 4.78 is 5.31. The van der Waals surface area contributed by atoms with Crippen LogP contribution in [-0.4, -0.2) is 49.8 Å². The van der Waals surface area contributed by atoms with E-state index in [0.29, 0.717) is 18.3 Å². The molecule has 20 heavy (non-hydrogen) atoms. The molecule has 0 aliphatic carbocycles. The van der Waals surface area contributed by atoms with E-state index in [1.165, 1.54) is 0 Å². The molecule has 1 aromatic carbocycles. The molecule has 1 atom stereocenters. The van der Waals surface area contributed by atoms with Crippen LogP contribution in [0.5, 0.6) is 0 Å². The van der Waals surface area contributed by atoms with Gasteiger partial charge in [-0.3, -0.25) is 0 Å². The third-order valence-corrected chi connectivity index (χ3v) is 2.94. The first kappa shape index (κ1) is 14.5. The van der Waals surface area contributed by atoms with Crippen molar-refractivity contribution in [1.29, 1.82) is 0 Å². The third kappa shape index (κ3) is 3.34. The van der Waals surface area contributed by atoms with Crippen molar-refractivity contribution >= 4 is 5.69 Å². The molecule has 2 N–H and O–H groups in total. The Morgan fingerprint density at radius 1 is 1.25 bits per heavy atom. The van der Waals surface area contributed by atoms with Gasteiger partial charge in [0.15, 0.2) is 5.82 Å². The Labute approximate surface area is 119 Å². The van der Waals surface area contributed by atoms with Gasteiger partial charge in [-0.05, 0) is 32.3 Å². The summed E-state index contributed by atoms with van der Waals surface area (Å²) in [7, 11) is 7.90. The molecule has 0 saturated heterocycles. The van der Waals surface area contributed by atoms with Gasteiger partial charge in [-0.15, -0.1) is 0 Å². The highest BCUT2D eigenvalue weighted by atomic mass is 16.5. The van der Waals surface area contributed by atoms with Gasteiger partial charge in [0.05, 0.1) is 6.04 Å². The Balaban J connectivity index is 2.22. The molecule has 1 aromatic heterocycles. The lowest BCUT2D eigenvalue weighted by Gasteiger charge is -2.13. The molecule has 2 aromatic rings. The van der Waals surface area contributed by atoms with Crippen LogP contribution < -0.4 is 10.6 Å². The molecule has 0 aliphatic rings. The molecule has 6 heteroatoms. The van der Waals surface area contributed by atoms with Gasteiger partial charge in [-0.1, -0.05) is 11.2 Å². The lowest BCUT2D eigenvalue weighted by Crippen LogP contribution is -2.26. The molecule has 0 bridgehead atoms. The first-order valence-corrected chi connectivity index (χ1v) is 6.49. The molecule has 1 heterocycles. The number of rotatable bonds is 5. The van der Waals surface area contributed by atoms with Crippen molar-refractivity contribution in [3.05, 3.63) is 30.1 Å². The van der Waals surface area contributed by atoms with E-state index in [9.17, 15) is 0 Å². The van der Waals surface area contributed by atoms with Crippen LogP contribution in [0.25, 0.3) is 11.5 Å². The first-order chi connectivity index (χ1) is 9.47. The number of nitrogens with two attached hydrogens (primary N) is 1. The predicted octanol–water partition coefficient (Wildman–Crippen LogP) is 1.36. The zero-order valence-electron chi connectivity index (χ0n) is 12.4. The molecule has 0 fully saturated rings. The Morgan fingerprint density at radius 2 is 2.00 bits per heavy atom. The van der Waals surface area contributed by atoms with E-state index in [2.05, 4.69) is 10.1 Å². The second-order valence-corrected chi connectivity index (χ2v) is 5.27. The van der Waals surface area contributed by atoms with Crippen LogP contribution >= 0.6 is 0 Å². The minimum Gasteiger partial charge on any atom is -0.378 e. The summed E-state index contributed by atoms with van der Waals surface area (Å²) in [6.45, 7) is 0.677. The number of anilines is 1. The molecular formula is C14H21N5O. The predicted molar refractivity (Wildman–Crippen MR) is 79.5 cm³/mol. The summed E-state index contributed by atoms with van der Waals surface area (Å²) in [5.41, 5.74) is 8.01. The van der Waals surface area contributed by atoms with Crippen molar-refractivity contribution in [3.8, 4) is 11.5 Å². The fourth-order valence-corrected chi connectivity index (χ4v) is 1.89. The van der Waals surface area contributed by atoms with E-state index < -0.39 is 0 Å². The monoisotopic (exact) mass is 275 g/mol. The summed E-state index contributed by atoms with van der Waals surface area (Å²) in [6, 6.07) is 7.70. The second kappa shape index (κ2) is 6.02. The van der Waals surface area contributed by atoms with Crippen molar-refractivity contribution in [3.63, 3.8) is 0 Å². The smallest absolute Gasteiger partial charge is 0.258 e. The van der Waals surface area contributed by atoms with Crippen molar-refractivity contribution in [2.75, 3.05) is 39.6 Å². The fraction of sp³-hybridized carbons (Fsp3) is 0.429. The van der Waals surface area contributed by atoms with Crippen molar-refractivity contribution in [2.45, 2.75) is 6.04 Å². The third-order valence-electron chi connectivity index (χ3n) is 2.94. The normalized spacial score (nSPS) is 12.7. The van der Waals surface area contributed by atoms with Crippen LogP contribution in [0.15, 0.2) is 28.8 Å². The van der Waals surface area contributed by atoms with E-state index >= 15 is 0 Å². The lowest BCUT2D eigenvalue weighted by atomic mass is 10.2. The fourth-order valence-electron chi connectivity index (χ4n) is 1.89. The average molecular weight is 275 g/mol. The van der Waals surface area contributed by atoms with Crippen LogP contribution in [0.1, 0.15) is 11.9 Å². The highest BCUT2D eigenvalue weighted by Crippen LogP contribution is 2.23. The van der Waals surface area contributed by atoms with Gasteiger partial charge >= 0.3 is 0 Å². The van der Waals surface area contributed by atoms with Gasteiger partial charge < -0.3 is 20.1 Å². The van der Waals surface area contributed by atoms with Crippen LogP contribution in [0.4, 0.5) is 5.69 Å². The Kier molecular flexibility index (Phi) is 4.36. The number of hydrogen-bond acceptors (Lipinski definition) is 6. The van der Waals surface area contributed by atoms with Gasteiger partial charge in [0.2, 0.25) is 0 Å². The largest absolute Gasteiger partial charge is 0.378 e. The maximum atomic E-state index is 6.03. The van der Waals surface area contributed by atoms with Gasteiger partial charge in [0, 0.05) is 31.9 Å². The highest BCUT2D eigenvalue weighted by Gasteiger charge is 2.16. The zero-order valence-corrected chi connectivity index (χ0v) is 12.4. The summed E-state index contributed by atoms with van der Waals surface area (Å²) >= 11 is 0. The molecule has 108 valence electrons. The van der Waals surface area contributed by atoms with Gasteiger partial charge in [-0.25, -0.2) is 0 Å². The van der Waals surface area contributed by atoms with Crippen LogP contribution in [0.3, 0.4) is 0 Å². The van der Waals surface area contributed by atoms with Gasteiger partial charge in [0.1, 0.15) is 0 Å². The van der Waals surface area contributed by atoms with Crippen LogP contribution in [0.2, 0.25) is 0 Å². The molecule has 0 amide bonds. The first-order valence-electron chi connectivity index (χ1n) is 6.49. The zero-order chi connectivity index (χ0) is 14.7. The Bertz CT molecular complexity index is 564. The molecule has 1 unspecified atom stereocenters. The molecule has 0 saturated carbocycles. The van der Waals surface area contributed by atoms with E-state index in [0.717, 1.165) is 11.3 Å². The Hall–Kier alpha value is -1.92. The van der Waals surface area contributed by atoms with E-state index in [-0.39, 0.29) is 6.04 Å². The number of benzene rings is 1. The van der Waals surface area contributed by atoms with Gasteiger partial charge in [0.25, 0.3) is 5.89 Å². The summed E-state index contributed by atoms with van der Waals surface area (Å²) in [5.74, 6) is 1.03. The van der Waals surface area contributed by atoms with Crippen molar-refractivity contribution in [1.82, 2.24) is 15.0 Å². The molecule has 2 rings (SSSR count). The topological polar surface area (TPSA) is 71.4 Å². The quantitative estimate of drug-likeness (QED) is 0.888. The molecule has 0 aliphatic heterocycles. The van der Waals surface area contributed by atoms with Crippen LogP contribution in [-0.2, 0) is 0 Å². The minimum absolute atomic E-state index is 0.250. The maximum Gasteiger partial charge on any atom is 0.258 e. The summed E-state index contributed by atoms with van der Waals surface area (Å²) in [4.78, 5) is 8.41. The minimum atomic E-state index is -0.250. The number of aromatic nitrogens is 2. The Morgan fingerprint density at radius 3 is 2.65 bits per heavy atom. The number of likely N-dealkylation sites (N-methyl/N-ethyl adjacent to an activating group) is 1. The lowest BCUT2D eigenvalue weighted by molar-refractivity contribution is 0.357. The highest BCUT2D eigenvalue weighted by molar-refractivity contribution is 5.61. The van der Waals surface area contributed by atoms with Crippen LogP contribution in [0, 0.1) is 0 Å². The molecular weight excluding hydrogens is 254 g/mol. The summed E-state index contributed by atoms with van der Waals surface area (Å²) in [5, 5.41) is 3.97. The maximum absolute atomic E-state index is 6.03. The van der Waals surface area contributed by atoms with E-state index in [1.807, 2.05) is 62.3 Å². The molecule has 0 spiro atoms. The van der Waals surface area contributed by atoms with E-state index in [4.69, 9.17) is 10.3 Å². The van der Waals surface area contributed by atoms with Crippen molar-refractivity contribution < 1.29 is 4.52 Å². The standard InChI is InChI=1S/C14H21N5O/c1-18(2)9-12(15)13-16-14(20-17-13)10-6-5-7-11(8-10)19(3)4/h5-8,12H,9,15H2,1-4H3. The van der Waals surface area contributed by atoms with E-state index in [1.54, 1.807) is 0 Å². The number of hydrogen-bond donors (Lipinski definition) is 1. The second-order valence-electron chi connectivity index (χ2n) is 5.27. The van der Waals surface area contributed by atoms with Gasteiger partial charge in [-0.2, -0.15) is 4.98 Å². The summed E-state index contributed by atoms with van der Waals surface area (Å²) in [6.07, 6.45) is 0. The SMILES string of the molecule is CN(C)CC(N)c1noc(-c2cccc(N(C)C)c2)n1. The van der Waals surface area contributed by atoms with Crippen molar-refractivity contribution in [2.24, 2.45) is 5.73 Å². The molecule has 0 radical (unpaired) electrons. The number of nitrogens with zero attached hydrogens (tertiary/aromatic N) is 4.